The third kappa shape index (κ3) is 5.85. The van der Waals surface area contributed by atoms with Gasteiger partial charge in [-0.25, -0.2) is 4.98 Å². The van der Waals surface area contributed by atoms with Gasteiger partial charge in [-0.3, -0.25) is 9.78 Å². The Morgan fingerprint density at radius 1 is 0.953 bits per heavy atom. The SMILES string of the molecule is Cc1ccc(-n2c(C)cc([C@H]3[C@@H](c4ccccn4)NC(=S)N3c3ccc(NC(=O)COc4ccccc4)cc3)c2C)nc1. The fourth-order valence-corrected chi connectivity index (χ4v) is 5.89. The number of nitrogens with one attached hydrogen (secondary N) is 2. The van der Waals surface area contributed by atoms with Crippen molar-refractivity contribution in [3.05, 3.63) is 132 Å². The summed E-state index contributed by atoms with van der Waals surface area (Å²) < 4.78 is 7.76. The fourth-order valence-electron chi connectivity index (χ4n) is 5.55. The molecule has 1 amide bonds. The van der Waals surface area contributed by atoms with Gasteiger partial charge in [0.05, 0.1) is 17.8 Å². The summed E-state index contributed by atoms with van der Waals surface area (Å²) in [5, 5.41) is 7.05. The second-order valence-electron chi connectivity index (χ2n) is 10.5. The predicted octanol–water partition coefficient (Wildman–Crippen LogP) is 6.39. The number of aromatic nitrogens is 3. The van der Waals surface area contributed by atoms with E-state index >= 15 is 0 Å². The standard InChI is InChI=1S/C34H32N6O2S/c1-22-12-17-30(36-20-22)39-23(2)19-28(24(39)3)33-32(29-11-7-8-18-35-29)38-34(43)40(33)26-15-13-25(14-16-26)37-31(41)21-42-27-9-5-4-6-10-27/h4-20,32-33H,21H2,1-3H3,(H,37,41)(H,38,43)/t32-,33+/m1/s1. The molecule has 1 saturated heterocycles. The molecule has 8 nitrogen and oxygen atoms in total. The van der Waals surface area contributed by atoms with Gasteiger partial charge < -0.3 is 24.8 Å². The minimum atomic E-state index is -0.236. The van der Waals surface area contributed by atoms with E-state index in [4.69, 9.17) is 21.9 Å². The fraction of sp³-hybridized carbons (Fsp3) is 0.176. The van der Waals surface area contributed by atoms with Crippen molar-refractivity contribution < 1.29 is 9.53 Å². The van der Waals surface area contributed by atoms with Gasteiger partial charge in [-0.2, -0.15) is 0 Å². The largest absolute Gasteiger partial charge is 0.484 e. The van der Waals surface area contributed by atoms with Crippen molar-refractivity contribution in [2.45, 2.75) is 32.9 Å². The van der Waals surface area contributed by atoms with Crippen molar-refractivity contribution in [2.24, 2.45) is 0 Å². The minimum Gasteiger partial charge on any atom is -0.484 e. The highest BCUT2D eigenvalue weighted by Gasteiger charge is 2.42. The Morgan fingerprint density at radius 3 is 2.42 bits per heavy atom. The molecule has 2 aromatic carbocycles. The van der Waals surface area contributed by atoms with Gasteiger partial charge in [0.15, 0.2) is 11.7 Å². The number of para-hydroxylation sites is 1. The van der Waals surface area contributed by atoms with E-state index in [1.165, 1.54) is 0 Å². The van der Waals surface area contributed by atoms with E-state index in [0.29, 0.717) is 16.5 Å². The monoisotopic (exact) mass is 588 g/mol. The van der Waals surface area contributed by atoms with Crippen LogP contribution in [-0.4, -0.2) is 32.2 Å². The van der Waals surface area contributed by atoms with Crippen LogP contribution in [0, 0.1) is 20.8 Å². The zero-order valence-corrected chi connectivity index (χ0v) is 25.0. The van der Waals surface area contributed by atoms with Crippen LogP contribution in [0.5, 0.6) is 5.75 Å². The number of thiocarbonyl (C=S) groups is 1. The Balaban J connectivity index is 1.30. The maximum Gasteiger partial charge on any atom is 0.262 e. The van der Waals surface area contributed by atoms with Crippen LogP contribution in [0.4, 0.5) is 11.4 Å². The van der Waals surface area contributed by atoms with E-state index in [1.54, 1.807) is 6.20 Å². The zero-order valence-electron chi connectivity index (χ0n) is 24.2. The molecule has 0 radical (unpaired) electrons. The highest BCUT2D eigenvalue weighted by atomic mass is 32.1. The quantitative estimate of drug-likeness (QED) is 0.203. The van der Waals surface area contributed by atoms with Crippen LogP contribution in [0.2, 0.25) is 0 Å². The molecule has 0 saturated carbocycles. The first kappa shape index (κ1) is 28.1. The summed E-state index contributed by atoms with van der Waals surface area (Å²) in [7, 11) is 0. The molecule has 0 unspecified atom stereocenters. The van der Waals surface area contributed by atoms with Crippen molar-refractivity contribution in [1.29, 1.82) is 0 Å². The van der Waals surface area contributed by atoms with E-state index in [0.717, 1.165) is 39.7 Å². The van der Waals surface area contributed by atoms with Crippen molar-refractivity contribution in [2.75, 3.05) is 16.8 Å². The molecular formula is C34H32N6O2S. The van der Waals surface area contributed by atoms with Crippen molar-refractivity contribution >= 4 is 34.6 Å². The first-order chi connectivity index (χ1) is 20.9. The van der Waals surface area contributed by atoms with E-state index in [2.05, 4.69) is 51.1 Å². The molecule has 6 rings (SSSR count). The Hall–Kier alpha value is -5.02. The Kier molecular flexibility index (Phi) is 7.89. The lowest BCUT2D eigenvalue weighted by Gasteiger charge is -2.28. The third-order valence-corrected chi connectivity index (χ3v) is 7.87. The highest BCUT2D eigenvalue weighted by molar-refractivity contribution is 7.80. The van der Waals surface area contributed by atoms with Gasteiger partial charge >= 0.3 is 0 Å². The lowest BCUT2D eigenvalue weighted by Crippen LogP contribution is -2.29. The first-order valence-corrected chi connectivity index (χ1v) is 14.5. The van der Waals surface area contributed by atoms with Crippen LogP contribution in [0.3, 0.4) is 0 Å². The van der Waals surface area contributed by atoms with Crippen LogP contribution >= 0.6 is 12.2 Å². The van der Waals surface area contributed by atoms with Gasteiger partial charge in [0.2, 0.25) is 0 Å². The van der Waals surface area contributed by atoms with Gasteiger partial charge in [0, 0.05) is 35.2 Å². The minimum absolute atomic E-state index is 0.0782. The van der Waals surface area contributed by atoms with E-state index in [-0.39, 0.29) is 24.6 Å². The van der Waals surface area contributed by atoms with Crippen molar-refractivity contribution in [3.63, 3.8) is 0 Å². The highest BCUT2D eigenvalue weighted by Crippen LogP contribution is 2.43. The maximum absolute atomic E-state index is 12.5. The molecule has 0 spiro atoms. The van der Waals surface area contributed by atoms with Gasteiger partial charge in [0.25, 0.3) is 5.91 Å². The average Bonchev–Trinajstić information content (AvgIpc) is 3.52. The number of benzene rings is 2. The number of ether oxygens (including phenoxy) is 1. The molecule has 1 aliphatic heterocycles. The molecule has 0 aliphatic carbocycles. The number of aryl methyl sites for hydroxylation is 2. The number of nitrogens with zero attached hydrogens (tertiary/aromatic N) is 4. The number of carbonyl (C=O) groups is 1. The molecule has 2 N–H and O–H groups in total. The Bertz CT molecular complexity index is 1740. The molecule has 0 bridgehead atoms. The summed E-state index contributed by atoms with van der Waals surface area (Å²) in [6.45, 7) is 6.17. The van der Waals surface area contributed by atoms with Crippen molar-refractivity contribution in [1.82, 2.24) is 19.9 Å². The summed E-state index contributed by atoms with van der Waals surface area (Å²) in [4.78, 5) is 24.0. The summed E-state index contributed by atoms with van der Waals surface area (Å²) in [5.74, 6) is 1.28. The number of hydrogen-bond acceptors (Lipinski definition) is 5. The van der Waals surface area contributed by atoms with Gasteiger partial charge in [0.1, 0.15) is 11.6 Å². The molecule has 43 heavy (non-hydrogen) atoms. The van der Waals surface area contributed by atoms with E-state index in [9.17, 15) is 4.79 Å². The van der Waals surface area contributed by atoms with Crippen LogP contribution < -0.4 is 20.3 Å². The number of carbonyl (C=O) groups excluding carboxylic acids is 1. The second kappa shape index (κ2) is 12.1. The van der Waals surface area contributed by atoms with Crippen LogP contribution in [0.1, 0.15) is 40.3 Å². The van der Waals surface area contributed by atoms with Crippen LogP contribution in [-0.2, 0) is 4.79 Å². The maximum atomic E-state index is 12.5. The molecule has 3 aromatic heterocycles. The van der Waals surface area contributed by atoms with E-state index < -0.39 is 0 Å². The zero-order chi connectivity index (χ0) is 29.9. The number of rotatable bonds is 8. The topological polar surface area (TPSA) is 84.3 Å². The number of pyridine rings is 2. The molecule has 4 heterocycles. The number of anilines is 2. The van der Waals surface area contributed by atoms with E-state index in [1.807, 2.05) is 92.0 Å². The normalized spacial score (nSPS) is 16.2. The number of hydrogen-bond donors (Lipinski definition) is 2. The first-order valence-electron chi connectivity index (χ1n) is 14.1. The molecule has 5 aromatic rings. The number of amides is 1. The molecule has 1 aliphatic rings. The summed E-state index contributed by atoms with van der Waals surface area (Å²) in [6.07, 6.45) is 3.69. The smallest absolute Gasteiger partial charge is 0.262 e. The summed E-state index contributed by atoms with van der Waals surface area (Å²) in [6, 6.07) is 28.9. The summed E-state index contributed by atoms with van der Waals surface area (Å²) in [5.41, 5.74) is 6.87. The predicted molar refractivity (Wildman–Crippen MR) is 173 cm³/mol. The molecule has 9 heteroatoms. The van der Waals surface area contributed by atoms with Gasteiger partial charge in [-0.15, -0.1) is 0 Å². The molecular weight excluding hydrogens is 556 g/mol. The molecule has 2 atom stereocenters. The third-order valence-electron chi connectivity index (χ3n) is 7.55. The average molecular weight is 589 g/mol. The summed E-state index contributed by atoms with van der Waals surface area (Å²) >= 11 is 5.93. The van der Waals surface area contributed by atoms with Crippen LogP contribution in [0.25, 0.3) is 5.82 Å². The van der Waals surface area contributed by atoms with Crippen LogP contribution in [0.15, 0.2) is 103 Å². The lowest BCUT2D eigenvalue weighted by molar-refractivity contribution is -0.118. The molecule has 216 valence electrons. The Labute approximate surface area is 256 Å². The Morgan fingerprint density at radius 2 is 1.72 bits per heavy atom. The van der Waals surface area contributed by atoms with Gasteiger partial charge in [-0.05, 0) is 105 Å². The lowest BCUT2D eigenvalue weighted by atomic mass is 9.96. The van der Waals surface area contributed by atoms with Crippen molar-refractivity contribution in [3.8, 4) is 11.6 Å². The van der Waals surface area contributed by atoms with Gasteiger partial charge in [-0.1, -0.05) is 30.3 Å². The second-order valence-corrected chi connectivity index (χ2v) is 10.9. The molecule has 1 fully saturated rings.